The number of non-ortho nitro benzene ring substituents is 1. The van der Waals surface area contributed by atoms with Crippen molar-refractivity contribution < 1.29 is 14.5 Å². The lowest BCUT2D eigenvalue weighted by Gasteiger charge is -2.12. The van der Waals surface area contributed by atoms with E-state index in [1.807, 2.05) is 26.0 Å². The van der Waals surface area contributed by atoms with E-state index in [1.165, 1.54) is 35.4 Å². The molecule has 0 aliphatic heterocycles. The lowest BCUT2D eigenvalue weighted by Crippen LogP contribution is -2.12. The van der Waals surface area contributed by atoms with Crippen molar-refractivity contribution in [1.82, 2.24) is 4.57 Å². The SMILES string of the molecule is Cc1ccc(-n2c(C)cc(C(=O)COc3ccc([N+](=O)[O-])cc3)c2C)cc1C. The highest BCUT2D eigenvalue weighted by Gasteiger charge is 2.17. The summed E-state index contributed by atoms with van der Waals surface area (Å²) in [7, 11) is 0. The third-order valence-corrected chi connectivity index (χ3v) is 4.90. The molecule has 6 nitrogen and oxygen atoms in total. The Hall–Kier alpha value is -3.41. The number of nitro groups is 1. The minimum absolute atomic E-state index is 0.0180. The summed E-state index contributed by atoms with van der Waals surface area (Å²) in [5.74, 6) is 0.281. The van der Waals surface area contributed by atoms with Gasteiger partial charge in [0, 0.05) is 34.8 Å². The van der Waals surface area contributed by atoms with Crippen molar-refractivity contribution in [2.24, 2.45) is 0 Å². The predicted molar refractivity (Wildman–Crippen MR) is 108 cm³/mol. The van der Waals surface area contributed by atoms with Crippen molar-refractivity contribution in [2.45, 2.75) is 27.7 Å². The molecule has 0 spiro atoms. The Labute approximate surface area is 163 Å². The second-order valence-corrected chi connectivity index (χ2v) is 6.85. The Morgan fingerprint density at radius 3 is 2.29 bits per heavy atom. The Kier molecular flexibility index (Phi) is 5.31. The van der Waals surface area contributed by atoms with Gasteiger partial charge in [-0.05, 0) is 69.2 Å². The molecule has 0 radical (unpaired) electrons. The van der Waals surface area contributed by atoms with E-state index in [1.54, 1.807) is 0 Å². The van der Waals surface area contributed by atoms with Crippen LogP contribution in [0.3, 0.4) is 0 Å². The fourth-order valence-corrected chi connectivity index (χ4v) is 3.20. The lowest BCUT2D eigenvalue weighted by molar-refractivity contribution is -0.384. The fourth-order valence-electron chi connectivity index (χ4n) is 3.20. The smallest absolute Gasteiger partial charge is 0.269 e. The molecule has 0 atom stereocenters. The average molecular weight is 378 g/mol. The summed E-state index contributed by atoms with van der Waals surface area (Å²) < 4.78 is 7.58. The first-order valence-electron chi connectivity index (χ1n) is 8.95. The predicted octanol–water partition coefficient (Wildman–Crippen LogP) is 4.88. The maximum Gasteiger partial charge on any atom is 0.269 e. The molecule has 2 aromatic carbocycles. The van der Waals surface area contributed by atoms with Gasteiger partial charge in [0.1, 0.15) is 5.75 Å². The van der Waals surface area contributed by atoms with Crippen LogP contribution < -0.4 is 4.74 Å². The molecule has 0 unspecified atom stereocenters. The summed E-state index contributed by atoms with van der Waals surface area (Å²) in [6.45, 7) is 7.89. The minimum Gasteiger partial charge on any atom is -0.485 e. The summed E-state index contributed by atoms with van der Waals surface area (Å²) in [6.07, 6.45) is 0. The van der Waals surface area contributed by atoms with Gasteiger partial charge in [-0.2, -0.15) is 0 Å². The number of ketones is 1. The van der Waals surface area contributed by atoms with E-state index in [-0.39, 0.29) is 18.1 Å². The summed E-state index contributed by atoms with van der Waals surface area (Å²) in [6, 6.07) is 13.8. The van der Waals surface area contributed by atoms with Crippen molar-refractivity contribution in [3.05, 3.63) is 86.7 Å². The van der Waals surface area contributed by atoms with E-state index in [9.17, 15) is 14.9 Å². The van der Waals surface area contributed by atoms with Gasteiger partial charge in [-0.3, -0.25) is 14.9 Å². The van der Waals surface area contributed by atoms with E-state index < -0.39 is 4.92 Å². The second-order valence-electron chi connectivity index (χ2n) is 6.85. The number of Topliss-reactive ketones (excluding diaryl/α,β-unsaturated/α-hetero) is 1. The zero-order valence-corrected chi connectivity index (χ0v) is 16.4. The van der Waals surface area contributed by atoms with E-state index in [2.05, 4.69) is 30.5 Å². The molecule has 3 aromatic rings. The van der Waals surface area contributed by atoms with Crippen LogP contribution in [0.2, 0.25) is 0 Å². The normalized spacial score (nSPS) is 10.7. The standard InChI is InChI=1S/C22H22N2O4/c1-14-5-6-19(11-15(14)2)23-16(3)12-21(17(23)4)22(25)13-28-20-9-7-18(8-10-20)24(26)27/h5-12H,13H2,1-4H3. The largest absolute Gasteiger partial charge is 0.485 e. The molecule has 0 bridgehead atoms. The van der Waals surface area contributed by atoms with Gasteiger partial charge in [0.05, 0.1) is 4.92 Å². The first-order valence-corrected chi connectivity index (χ1v) is 8.95. The maximum atomic E-state index is 12.7. The van der Waals surface area contributed by atoms with Crippen molar-refractivity contribution in [3.63, 3.8) is 0 Å². The van der Waals surface area contributed by atoms with Gasteiger partial charge in [-0.25, -0.2) is 0 Å². The topological polar surface area (TPSA) is 74.4 Å². The van der Waals surface area contributed by atoms with Crippen LogP contribution in [0.15, 0.2) is 48.5 Å². The molecular formula is C22H22N2O4. The molecule has 0 aliphatic carbocycles. The van der Waals surface area contributed by atoms with Gasteiger partial charge in [-0.1, -0.05) is 6.07 Å². The monoisotopic (exact) mass is 378 g/mol. The molecule has 6 heteroatoms. The average Bonchev–Trinajstić information content (AvgIpc) is 2.97. The Bertz CT molecular complexity index is 1050. The summed E-state index contributed by atoms with van der Waals surface area (Å²) in [5.41, 5.74) is 5.86. The Balaban J connectivity index is 1.79. The number of nitro benzene ring substituents is 1. The fraction of sp³-hybridized carbons (Fsp3) is 0.227. The third kappa shape index (κ3) is 3.81. The third-order valence-electron chi connectivity index (χ3n) is 4.90. The molecule has 3 rings (SSSR count). The van der Waals surface area contributed by atoms with Gasteiger partial charge in [0.15, 0.2) is 6.61 Å². The van der Waals surface area contributed by atoms with Crippen molar-refractivity contribution in [2.75, 3.05) is 6.61 Å². The summed E-state index contributed by atoms with van der Waals surface area (Å²) >= 11 is 0. The summed E-state index contributed by atoms with van der Waals surface area (Å²) in [5, 5.41) is 10.7. The number of carbonyl (C=O) groups excluding carboxylic acids is 1. The van der Waals surface area contributed by atoms with E-state index in [0.29, 0.717) is 11.3 Å². The quantitative estimate of drug-likeness (QED) is 0.348. The molecule has 144 valence electrons. The molecular weight excluding hydrogens is 356 g/mol. The number of carbonyl (C=O) groups is 1. The highest BCUT2D eigenvalue weighted by Crippen LogP contribution is 2.24. The molecule has 0 saturated carbocycles. The highest BCUT2D eigenvalue weighted by atomic mass is 16.6. The van der Waals surface area contributed by atoms with Gasteiger partial charge in [-0.15, -0.1) is 0 Å². The van der Waals surface area contributed by atoms with Crippen LogP contribution in [-0.4, -0.2) is 21.9 Å². The van der Waals surface area contributed by atoms with E-state index >= 15 is 0 Å². The van der Waals surface area contributed by atoms with Crippen LogP contribution in [0.1, 0.15) is 32.9 Å². The highest BCUT2D eigenvalue weighted by molar-refractivity contribution is 5.98. The van der Waals surface area contributed by atoms with Gasteiger partial charge in [0.25, 0.3) is 5.69 Å². The number of nitrogens with zero attached hydrogens (tertiary/aromatic N) is 2. The molecule has 1 heterocycles. The van der Waals surface area contributed by atoms with E-state index in [4.69, 9.17) is 4.74 Å². The zero-order chi connectivity index (χ0) is 20.4. The van der Waals surface area contributed by atoms with Crippen LogP contribution in [0, 0.1) is 37.8 Å². The Morgan fingerprint density at radius 1 is 1.00 bits per heavy atom. The summed E-state index contributed by atoms with van der Waals surface area (Å²) in [4.78, 5) is 22.9. The zero-order valence-electron chi connectivity index (χ0n) is 16.4. The first kappa shape index (κ1) is 19.4. The van der Waals surface area contributed by atoms with Gasteiger partial charge >= 0.3 is 0 Å². The number of benzene rings is 2. The van der Waals surface area contributed by atoms with Crippen LogP contribution in [0.25, 0.3) is 5.69 Å². The van der Waals surface area contributed by atoms with Crippen LogP contribution in [-0.2, 0) is 0 Å². The van der Waals surface area contributed by atoms with Crippen molar-refractivity contribution >= 4 is 11.5 Å². The molecule has 0 N–H and O–H groups in total. The maximum absolute atomic E-state index is 12.7. The molecule has 0 saturated heterocycles. The second kappa shape index (κ2) is 7.68. The van der Waals surface area contributed by atoms with Gasteiger partial charge in [0.2, 0.25) is 5.78 Å². The number of aryl methyl sites for hydroxylation is 3. The van der Waals surface area contributed by atoms with Crippen molar-refractivity contribution in [3.8, 4) is 11.4 Å². The minimum atomic E-state index is -0.476. The molecule has 1 aromatic heterocycles. The van der Waals surface area contributed by atoms with Crippen LogP contribution in [0.4, 0.5) is 5.69 Å². The molecule has 0 aliphatic rings. The molecule has 28 heavy (non-hydrogen) atoms. The lowest BCUT2D eigenvalue weighted by atomic mass is 10.1. The van der Waals surface area contributed by atoms with Crippen LogP contribution in [0.5, 0.6) is 5.75 Å². The van der Waals surface area contributed by atoms with E-state index in [0.717, 1.165) is 17.1 Å². The van der Waals surface area contributed by atoms with Gasteiger partial charge < -0.3 is 9.30 Å². The van der Waals surface area contributed by atoms with Crippen LogP contribution >= 0.6 is 0 Å². The number of rotatable bonds is 6. The number of hydrogen-bond donors (Lipinski definition) is 0. The molecule has 0 fully saturated rings. The first-order chi connectivity index (χ1) is 13.3. The Morgan fingerprint density at radius 2 is 1.68 bits per heavy atom. The van der Waals surface area contributed by atoms with Crippen molar-refractivity contribution in [1.29, 1.82) is 0 Å². The number of aromatic nitrogens is 1. The molecule has 0 amide bonds. The number of hydrogen-bond acceptors (Lipinski definition) is 4. The number of ether oxygens (including phenoxy) is 1.